The fraction of sp³-hybridized carbons (Fsp3) is 0.231. The molecular formula is C13H16N4O. The lowest BCUT2D eigenvalue weighted by Gasteiger charge is -2.08. The van der Waals surface area contributed by atoms with Gasteiger partial charge in [0, 0.05) is 11.8 Å². The molecule has 1 heterocycles. The Kier molecular flexibility index (Phi) is 3.43. The number of rotatable bonds is 3. The van der Waals surface area contributed by atoms with Crippen molar-refractivity contribution < 1.29 is 4.74 Å². The number of nitrogen functional groups attached to an aromatic ring is 1. The van der Waals surface area contributed by atoms with Gasteiger partial charge in [-0.2, -0.15) is 4.98 Å². The zero-order valence-electron chi connectivity index (χ0n) is 10.7. The van der Waals surface area contributed by atoms with Gasteiger partial charge in [0.1, 0.15) is 5.75 Å². The SMILES string of the molecule is Cc1cc(Oc2ccc(C)c(C)c2)nc(NN)n1. The molecule has 0 aliphatic rings. The van der Waals surface area contributed by atoms with Crippen molar-refractivity contribution in [3.8, 4) is 11.6 Å². The van der Waals surface area contributed by atoms with Crippen LogP contribution in [0.3, 0.4) is 0 Å². The lowest BCUT2D eigenvalue weighted by molar-refractivity contribution is 0.461. The molecule has 0 unspecified atom stereocenters. The summed E-state index contributed by atoms with van der Waals surface area (Å²) in [5, 5.41) is 0. The molecule has 0 atom stereocenters. The molecule has 1 aromatic carbocycles. The minimum absolute atomic E-state index is 0.342. The molecule has 0 saturated heterocycles. The van der Waals surface area contributed by atoms with E-state index in [2.05, 4.69) is 22.3 Å². The topological polar surface area (TPSA) is 73.1 Å². The molecule has 0 radical (unpaired) electrons. The second-order valence-corrected chi connectivity index (χ2v) is 4.16. The standard InChI is InChI=1S/C13H16N4O/c1-8-4-5-11(6-9(8)2)18-12-7-10(3)15-13(16-12)17-14/h4-7H,14H2,1-3H3,(H,15,16,17). The first kappa shape index (κ1) is 12.3. The van der Waals surface area contributed by atoms with Crippen LogP contribution in [0.15, 0.2) is 24.3 Å². The lowest BCUT2D eigenvalue weighted by Crippen LogP contribution is -2.11. The summed E-state index contributed by atoms with van der Waals surface area (Å²) in [6.45, 7) is 5.96. The Labute approximate surface area is 106 Å². The number of hydrazine groups is 1. The largest absolute Gasteiger partial charge is 0.439 e. The molecule has 0 aliphatic carbocycles. The summed E-state index contributed by atoms with van der Waals surface area (Å²) in [6.07, 6.45) is 0. The molecule has 0 aliphatic heterocycles. The fourth-order valence-electron chi connectivity index (χ4n) is 1.55. The summed E-state index contributed by atoms with van der Waals surface area (Å²) in [6, 6.07) is 7.66. The first-order valence-corrected chi connectivity index (χ1v) is 5.66. The normalized spacial score (nSPS) is 10.2. The van der Waals surface area contributed by atoms with E-state index in [0.29, 0.717) is 11.8 Å². The Hall–Kier alpha value is -2.14. The predicted octanol–water partition coefficient (Wildman–Crippen LogP) is 2.48. The van der Waals surface area contributed by atoms with Crippen molar-refractivity contribution >= 4 is 5.95 Å². The zero-order chi connectivity index (χ0) is 13.1. The van der Waals surface area contributed by atoms with Gasteiger partial charge in [-0.15, -0.1) is 0 Å². The van der Waals surface area contributed by atoms with Gasteiger partial charge in [-0.25, -0.2) is 10.8 Å². The number of nitrogens with two attached hydrogens (primary N) is 1. The molecule has 3 N–H and O–H groups in total. The van der Waals surface area contributed by atoms with Gasteiger partial charge in [-0.1, -0.05) is 6.07 Å². The maximum absolute atomic E-state index is 5.69. The quantitative estimate of drug-likeness (QED) is 0.641. The maximum atomic E-state index is 5.69. The van der Waals surface area contributed by atoms with E-state index in [-0.39, 0.29) is 0 Å². The number of ether oxygens (including phenoxy) is 1. The van der Waals surface area contributed by atoms with Crippen molar-refractivity contribution in [3.63, 3.8) is 0 Å². The van der Waals surface area contributed by atoms with Gasteiger partial charge in [0.2, 0.25) is 11.8 Å². The number of benzene rings is 1. The number of nitrogens with one attached hydrogen (secondary N) is 1. The van der Waals surface area contributed by atoms with E-state index in [1.165, 1.54) is 11.1 Å². The average molecular weight is 244 g/mol. The molecule has 2 aromatic rings. The number of aromatic nitrogens is 2. The maximum Gasteiger partial charge on any atom is 0.240 e. The van der Waals surface area contributed by atoms with Gasteiger partial charge in [0.05, 0.1) is 0 Å². The summed E-state index contributed by atoms with van der Waals surface area (Å²) in [5.41, 5.74) is 5.60. The molecule has 5 nitrogen and oxygen atoms in total. The molecule has 0 saturated carbocycles. The van der Waals surface area contributed by atoms with E-state index in [9.17, 15) is 0 Å². The Morgan fingerprint density at radius 1 is 1.06 bits per heavy atom. The van der Waals surface area contributed by atoms with Crippen LogP contribution in [0.2, 0.25) is 0 Å². The fourth-order valence-corrected chi connectivity index (χ4v) is 1.55. The van der Waals surface area contributed by atoms with E-state index in [4.69, 9.17) is 10.6 Å². The minimum Gasteiger partial charge on any atom is -0.439 e. The third-order valence-electron chi connectivity index (χ3n) is 2.66. The van der Waals surface area contributed by atoms with Gasteiger partial charge in [-0.3, -0.25) is 5.43 Å². The third-order valence-corrected chi connectivity index (χ3v) is 2.66. The second-order valence-electron chi connectivity index (χ2n) is 4.16. The smallest absolute Gasteiger partial charge is 0.240 e. The molecule has 18 heavy (non-hydrogen) atoms. The monoisotopic (exact) mass is 244 g/mol. The van der Waals surface area contributed by atoms with Crippen LogP contribution in [-0.4, -0.2) is 9.97 Å². The first-order valence-electron chi connectivity index (χ1n) is 5.66. The summed E-state index contributed by atoms with van der Waals surface area (Å²) in [5.74, 6) is 6.86. The van der Waals surface area contributed by atoms with Gasteiger partial charge in [0.15, 0.2) is 0 Å². The lowest BCUT2D eigenvalue weighted by atomic mass is 10.1. The molecule has 1 aromatic heterocycles. The Morgan fingerprint density at radius 3 is 2.50 bits per heavy atom. The Morgan fingerprint density at radius 2 is 1.83 bits per heavy atom. The molecule has 0 amide bonds. The summed E-state index contributed by atoms with van der Waals surface area (Å²) >= 11 is 0. The molecular weight excluding hydrogens is 228 g/mol. The molecule has 2 rings (SSSR count). The van der Waals surface area contributed by atoms with Crippen LogP contribution in [0.4, 0.5) is 5.95 Å². The van der Waals surface area contributed by atoms with Crippen molar-refractivity contribution in [1.82, 2.24) is 9.97 Å². The molecule has 5 heteroatoms. The number of nitrogens with zero attached hydrogens (tertiary/aromatic N) is 2. The van der Waals surface area contributed by atoms with Crippen LogP contribution in [0.1, 0.15) is 16.8 Å². The summed E-state index contributed by atoms with van der Waals surface area (Å²) < 4.78 is 5.69. The van der Waals surface area contributed by atoms with Crippen molar-refractivity contribution in [2.24, 2.45) is 5.84 Å². The minimum atomic E-state index is 0.342. The first-order chi connectivity index (χ1) is 8.58. The van der Waals surface area contributed by atoms with Crippen LogP contribution in [0, 0.1) is 20.8 Å². The number of anilines is 1. The van der Waals surface area contributed by atoms with Crippen LogP contribution >= 0.6 is 0 Å². The second kappa shape index (κ2) is 5.01. The summed E-state index contributed by atoms with van der Waals surface area (Å²) in [4.78, 5) is 8.23. The number of hydrogen-bond donors (Lipinski definition) is 2. The molecule has 94 valence electrons. The van der Waals surface area contributed by atoms with Crippen LogP contribution in [-0.2, 0) is 0 Å². The highest BCUT2D eigenvalue weighted by molar-refractivity contribution is 5.37. The van der Waals surface area contributed by atoms with E-state index in [1.807, 2.05) is 32.0 Å². The van der Waals surface area contributed by atoms with Gasteiger partial charge in [0.25, 0.3) is 0 Å². The van der Waals surface area contributed by atoms with Gasteiger partial charge < -0.3 is 4.74 Å². The van der Waals surface area contributed by atoms with Gasteiger partial charge in [-0.05, 0) is 44.0 Å². The van der Waals surface area contributed by atoms with Gasteiger partial charge >= 0.3 is 0 Å². The number of hydrogen-bond acceptors (Lipinski definition) is 5. The Bertz CT molecular complexity index is 569. The summed E-state index contributed by atoms with van der Waals surface area (Å²) in [7, 11) is 0. The molecule has 0 spiro atoms. The van der Waals surface area contributed by atoms with E-state index in [1.54, 1.807) is 6.07 Å². The van der Waals surface area contributed by atoms with Crippen LogP contribution < -0.4 is 16.0 Å². The highest BCUT2D eigenvalue weighted by Gasteiger charge is 2.04. The molecule has 0 fully saturated rings. The van der Waals surface area contributed by atoms with E-state index >= 15 is 0 Å². The highest BCUT2D eigenvalue weighted by Crippen LogP contribution is 2.23. The third kappa shape index (κ3) is 2.75. The predicted molar refractivity (Wildman–Crippen MR) is 70.6 cm³/mol. The van der Waals surface area contributed by atoms with E-state index < -0.39 is 0 Å². The van der Waals surface area contributed by atoms with Crippen molar-refractivity contribution in [1.29, 1.82) is 0 Å². The number of aryl methyl sites for hydroxylation is 3. The van der Waals surface area contributed by atoms with Crippen LogP contribution in [0.5, 0.6) is 11.6 Å². The highest BCUT2D eigenvalue weighted by atomic mass is 16.5. The van der Waals surface area contributed by atoms with Crippen molar-refractivity contribution in [2.75, 3.05) is 5.43 Å². The van der Waals surface area contributed by atoms with E-state index in [0.717, 1.165) is 11.4 Å². The molecule has 0 bridgehead atoms. The van der Waals surface area contributed by atoms with Crippen molar-refractivity contribution in [3.05, 3.63) is 41.1 Å². The Balaban J connectivity index is 2.27. The van der Waals surface area contributed by atoms with Crippen molar-refractivity contribution in [2.45, 2.75) is 20.8 Å². The zero-order valence-corrected chi connectivity index (χ0v) is 10.7. The average Bonchev–Trinajstić information content (AvgIpc) is 2.33. The van der Waals surface area contributed by atoms with Crippen LogP contribution in [0.25, 0.3) is 0 Å².